The highest BCUT2D eigenvalue weighted by Crippen LogP contribution is 2.31. The van der Waals surface area contributed by atoms with Crippen LogP contribution in [0.4, 0.5) is 10.5 Å². The first-order valence-corrected chi connectivity index (χ1v) is 8.02. The van der Waals surface area contributed by atoms with Crippen LogP contribution >= 0.6 is 0 Å². The predicted octanol–water partition coefficient (Wildman–Crippen LogP) is 3.27. The van der Waals surface area contributed by atoms with Gasteiger partial charge in [-0.3, -0.25) is 0 Å². The zero-order chi connectivity index (χ0) is 17.5. The smallest absolute Gasteiger partial charge is 0.356 e. The largest absolute Gasteiger partial charge is 0.497 e. The Labute approximate surface area is 140 Å². The standard InChI is InChI=1S/C17H23N3O4/c1-4-6-9-18-17(22)20-14-12-10-11(23-3)7-8-13(12)19-15(14)16(21)24-5-2/h7-8,10,19H,4-6,9H2,1-3H3,(H2,18,20,22). The maximum atomic E-state index is 12.2. The summed E-state index contributed by atoms with van der Waals surface area (Å²) in [6.07, 6.45) is 1.87. The summed E-state index contributed by atoms with van der Waals surface area (Å²) >= 11 is 0. The van der Waals surface area contributed by atoms with Gasteiger partial charge in [0.1, 0.15) is 11.4 Å². The van der Waals surface area contributed by atoms with E-state index in [1.165, 1.54) is 0 Å². The number of carbonyl (C=O) groups is 2. The number of methoxy groups -OCH3 is 1. The number of rotatable bonds is 7. The molecule has 0 spiro atoms. The maximum Gasteiger partial charge on any atom is 0.356 e. The van der Waals surface area contributed by atoms with Gasteiger partial charge in [-0.15, -0.1) is 0 Å². The molecule has 0 aliphatic carbocycles. The fourth-order valence-corrected chi connectivity index (χ4v) is 2.32. The van der Waals surface area contributed by atoms with Crippen molar-refractivity contribution in [1.82, 2.24) is 10.3 Å². The molecular formula is C17H23N3O4. The van der Waals surface area contributed by atoms with Gasteiger partial charge < -0.3 is 25.1 Å². The van der Waals surface area contributed by atoms with Crippen molar-refractivity contribution in [3.63, 3.8) is 0 Å². The van der Waals surface area contributed by atoms with Gasteiger partial charge in [0.05, 0.1) is 19.4 Å². The van der Waals surface area contributed by atoms with E-state index in [9.17, 15) is 9.59 Å². The molecule has 1 aromatic heterocycles. The van der Waals surface area contributed by atoms with Gasteiger partial charge in [0.15, 0.2) is 0 Å². The van der Waals surface area contributed by atoms with Gasteiger partial charge >= 0.3 is 12.0 Å². The van der Waals surface area contributed by atoms with Gasteiger partial charge in [0.25, 0.3) is 0 Å². The minimum absolute atomic E-state index is 0.214. The quantitative estimate of drug-likeness (QED) is 0.535. The highest BCUT2D eigenvalue weighted by atomic mass is 16.5. The van der Waals surface area contributed by atoms with Crippen LogP contribution in [0.25, 0.3) is 10.9 Å². The second-order valence-electron chi connectivity index (χ2n) is 5.24. The number of H-pyrrole nitrogens is 1. The third-order valence-electron chi connectivity index (χ3n) is 3.54. The number of fused-ring (bicyclic) bond motifs is 1. The van der Waals surface area contributed by atoms with Crippen molar-refractivity contribution in [2.75, 3.05) is 25.6 Å². The number of unbranched alkanes of at least 4 members (excludes halogenated alkanes) is 1. The third-order valence-corrected chi connectivity index (χ3v) is 3.54. The lowest BCUT2D eigenvalue weighted by Gasteiger charge is -2.09. The molecule has 2 rings (SSSR count). The Kier molecular flexibility index (Phi) is 6.06. The maximum absolute atomic E-state index is 12.2. The summed E-state index contributed by atoms with van der Waals surface area (Å²) < 4.78 is 10.3. The first-order chi connectivity index (χ1) is 11.6. The number of ether oxygens (including phenoxy) is 2. The molecule has 24 heavy (non-hydrogen) atoms. The topological polar surface area (TPSA) is 92.5 Å². The molecule has 0 saturated carbocycles. The van der Waals surface area contributed by atoms with Gasteiger partial charge in [-0.2, -0.15) is 0 Å². The lowest BCUT2D eigenvalue weighted by molar-refractivity contribution is 0.0522. The summed E-state index contributed by atoms with van der Waals surface area (Å²) in [5.41, 5.74) is 1.31. The number of hydrogen-bond donors (Lipinski definition) is 3. The summed E-state index contributed by atoms with van der Waals surface area (Å²) in [6.45, 7) is 4.60. The van der Waals surface area contributed by atoms with E-state index in [0.29, 0.717) is 28.9 Å². The minimum Gasteiger partial charge on any atom is -0.497 e. The molecule has 130 valence electrons. The van der Waals surface area contributed by atoms with E-state index in [4.69, 9.17) is 9.47 Å². The average molecular weight is 333 g/mol. The predicted molar refractivity (Wildman–Crippen MR) is 92.7 cm³/mol. The van der Waals surface area contributed by atoms with E-state index in [0.717, 1.165) is 12.8 Å². The first kappa shape index (κ1) is 17.7. The van der Waals surface area contributed by atoms with E-state index in [-0.39, 0.29) is 18.3 Å². The summed E-state index contributed by atoms with van der Waals surface area (Å²) in [7, 11) is 1.56. The molecule has 0 fully saturated rings. The van der Waals surface area contributed by atoms with Crippen molar-refractivity contribution in [3.8, 4) is 5.75 Å². The molecule has 0 aliphatic heterocycles. The molecule has 0 radical (unpaired) electrons. The van der Waals surface area contributed by atoms with Crippen LogP contribution in [-0.2, 0) is 4.74 Å². The number of nitrogens with one attached hydrogen (secondary N) is 3. The summed E-state index contributed by atoms with van der Waals surface area (Å²) in [4.78, 5) is 27.3. The number of benzene rings is 1. The fraction of sp³-hybridized carbons (Fsp3) is 0.412. The number of carbonyl (C=O) groups excluding carboxylic acids is 2. The molecule has 1 heterocycles. The lowest BCUT2D eigenvalue weighted by Crippen LogP contribution is -2.30. The van der Waals surface area contributed by atoms with E-state index in [1.807, 2.05) is 6.92 Å². The number of hydrogen-bond acceptors (Lipinski definition) is 4. The summed E-state index contributed by atoms with van der Waals surface area (Å²) in [5, 5.41) is 6.19. The Morgan fingerprint density at radius 3 is 2.71 bits per heavy atom. The number of esters is 1. The van der Waals surface area contributed by atoms with Crippen LogP contribution < -0.4 is 15.4 Å². The molecule has 1 aromatic carbocycles. The molecular weight excluding hydrogens is 310 g/mol. The second kappa shape index (κ2) is 8.24. The van der Waals surface area contributed by atoms with Crippen LogP contribution in [-0.4, -0.2) is 37.2 Å². The monoisotopic (exact) mass is 333 g/mol. The number of amides is 2. The summed E-state index contributed by atoms with van der Waals surface area (Å²) in [6, 6.07) is 4.96. The van der Waals surface area contributed by atoms with E-state index in [1.54, 1.807) is 32.2 Å². The van der Waals surface area contributed by atoms with Crippen molar-refractivity contribution >= 4 is 28.6 Å². The van der Waals surface area contributed by atoms with Crippen LogP contribution in [0, 0.1) is 0 Å². The second-order valence-corrected chi connectivity index (χ2v) is 5.24. The molecule has 3 N–H and O–H groups in total. The normalized spacial score (nSPS) is 10.5. The van der Waals surface area contributed by atoms with E-state index in [2.05, 4.69) is 15.6 Å². The molecule has 7 heteroatoms. The molecule has 7 nitrogen and oxygen atoms in total. The van der Waals surface area contributed by atoms with Crippen molar-refractivity contribution in [2.24, 2.45) is 0 Å². The Morgan fingerprint density at radius 2 is 2.04 bits per heavy atom. The summed E-state index contributed by atoms with van der Waals surface area (Å²) in [5.74, 6) is 0.114. The highest BCUT2D eigenvalue weighted by Gasteiger charge is 2.21. The molecule has 2 aromatic rings. The SMILES string of the molecule is CCCCNC(=O)Nc1c(C(=O)OCC)[nH]c2ccc(OC)cc12. The van der Waals surface area contributed by atoms with E-state index >= 15 is 0 Å². The third kappa shape index (κ3) is 3.98. The van der Waals surface area contributed by atoms with Crippen LogP contribution in [0.5, 0.6) is 5.75 Å². The number of urea groups is 1. The molecule has 0 bridgehead atoms. The number of aromatic amines is 1. The molecule has 0 unspecified atom stereocenters. The molecule has 0 aliphatic rings. The highest BCUT2D eigenvalue weighted by molar-refractivity contribution is 6.11. The zero-order valence-corrected chi connectivity index (χ0v) is 14.2. The van der Waals surface area contributed by atoms with Crippen LogP contribution in [0.3, 0.4) is 0 Å². The number of aromatic nitrogens is 1. The Bertz CT molecular complexity index is 724. The molecule has 0 atom stereocenters. The Hall–Kier alpha value is -2.70. The van der Waals surface area contributed by atoms with Crippen LogP contribution in [0.15, 0.2) is 18.2 Å². The molecule has 0 saturated heterocycles. The van der Waals surface area contributed by atoms with Crippen molar-refractivity contribution < 1.29 is 19.1 Å². The van der Waals surface area contributed by atoms with Crippen LogP contribution in [0.1, 0.15) is 37.2 Å². The fourth-order valence-electron chi connectivity index (χ4n) is 2.32. The molecule has 2 amide bonds. The van der Waals surface area contributed by atoms with Crippen molar-refractivity contribution in [1.29, 1.82) is 0 Å². The van der Waals surface area contributed by atoms with Gasteiger partial charge in [0.2, 0.25) is 0 Å². The number of anilines is 1. The first-order valence-electron chi connectivity index (χ1n) is 8.02. The van der Waals surface area contributed by atoms with E-state index < -0.39 is 5.97 Å². The lowest BCUT2D eigenvalue weighted by atomic mass is 10.2. The Morgan fingerprint density at radius 1 is 1.25 bits per heavy atom. The van der Waals surface area contributed by atoms with Gasteiger partial charge in [-0.05, 0) is 31.5 Å². The minimum atomic E-state index is -0.517. The average Bonchev–Trinajstić information content (AvgIpc) is 2.93. The van der Waals surface area contributed by atoms with Gasteiger partial charge in [-0.1, -0.05) is 13.3 Å². The van der Waals surface area contributed by atoms with Gasteiger partial charge in [-0.25, -0.2) is 9.59 Å². The van der Waals surface area contributed by atoms with Crippen molar-refractivity contribution in [2.45, 2.75) is 26.7 Å². The van der Waals surface area contributed by atoms with Crippen molar-refractivity contribution in [3.05, 3.63) is 23.9 Å². The van der Waals surface area contributed by atoms with Crippen LogP contribution in [0.2, 0.25) is 0 Å². The Balaban J connectivity index is 2.36. The zero-order valence-electron chi connectivity index (χ0n) is 14.2. The van der Waals surface area contributed by atoms with Gasteiger partial charge in [0, 0.05) is 17.4 Å².